The van der Waals surface area contributed by atoms with Gasteiger partial charge < -0.3 is 5.32 Å². The average Bonchev–Trinajstić information content (AvgIpc) is 2.88. The highest BCUT2D eigenvalue weighted by atomic mass is 35.5. The molecule has 0 aliphatic carbocycles. The standard InChI is InChI=1S/C29H34ClN3O3S/c1-22-10-13-27(14-11-22)37(35,36)33(28-15-12-26(30)18-23(28)2)21-29(34)31-19-24-8-4-5-9-25(24)20-32-16-6-3-7-17-32/h4-5,8-15,18H,3,6-7,16-17,19-21H2,1-2H3,(H,31,34). The van der Waals surface area contributed by atoms with Crippen LogP contribution in [0.25, 0.3) is 0 Å². The van der Waals surface area contributed by atoms with Crippen molar-refractivity contribution >= 4 is 33.2 Å². The van der Waals surface area contributed by atoms with E-state index >= 15 is 0 Å². The summed E-state index contributed by atoms with van der Waals surface area (Å²) in [5.74, 6) is -0.377. The van der Waals surface area contributed by atoms with Crippen LogP contribution in [0.3, 0.4) is 0 Å². The van der Waals surface area contributed by atoms with Crippen LogP contribution in [-0.4, -0.2) is 38.9 Å². The van der Waals surface area contributed by atoms with Gasteiger partial charge in [-0.05, 0) is 86.8 Å². The molecule has 0 saturated carbocycles. The molecule has 4 rings (SSSR count). The van der Waals surface area contributed by atoms with Crippen molar-refractivity contribution in [3.8, 4) is 0 Å². The highest BCUT2D eigenvalue weighted by Crippen LogP contribution is 2.29. The number of nitrogens with one attached hydrogen (secondary N) is 1. The topological polar surface area (TPSA) is 69.7 Å². The number of anilines is 1. The molecule has 8 heteroatoms. The number of carbonyl (C=O) groups is 1. The van der Waals surface area contributed by atoms with E-state index in [2.05, 4.69) is 16.3 Å². The van der Waals surface area contributed by atoms with Gasteiger partial charge in [-0.1, -0.05) is 60.0 Å². The van der Waals surface area contributed by atoms with Gasteiger partial charge in [0.1, 0.15) is 6.54 Å². The van der Waals surface area contributed by atoms with Crippen molar-refractivity contribution < 1.29 is 13.2 Å². The van der Waals surface area contributed by atoms with E-state index in [-0.39, 0.29) is 17.3 Å². The van der Waals surface area contributed by atoms with Gasteiger partial charge in [0.2, 0.25) is 5.91 Å². The predicted molar refractivity (Wildman–Crippen MR) is 149 cm³/mol. The van der Waals surface area contributed by atoms with Gasteiger partial charge >= 0.3 is 0 Å². The molecule has 1 N–H and O–H groups in total. The van der Waals surface area contributed by atoms with Gasteiger partial charge in [0, 0.05) is 18.1 Å². The molecule has 1 aliphatic heterocycles. The van der Waals surface area contributed by atoms with E-state index < -0.39 is 10.0 Å². The molecule has 3 aromatic rings. The molecule has 3 aromatic carbocycles. The monoisotopic (exact) mass is 539 g/mol. The van der Waals surface area contributed by atoms with E-state index in [1.807, 2.05) is 25.1 Å². The van der Waals surface area contributed by atoms with Crippen LogP contribution >= 0.6 is 11.6 Å². The maximum Gasteiger partial charge on any atom is 0.264 e. The first-order valence-corrected chi connectivity index (χ1v) is 14.5. The molecule has 0 radical (unpaired) electrons. The quantitative estimate of drug-likeness (QED) is 0.392. The van der Waals surface area contributed by atoms with Crippen LogP contribution in [0.4, 0.5) is 5.69 Å². The summed E-state index contributed by atoms with van der Waals surface area (Å²) < 4.78 is 28.5. The zero-order chi connectivity index (χ0) is 26.4. The van der Waals surface area contributed by atoms with Crippen LogP contribution in [0.2, 0.25) is 5.02 Å². The Bertz CT molecular complexity index is 1340. The van der Waals surface area contributed by atoms with E-state index in [4.69, 9.17) is 11.6 Å². The van der Waals surface area contributed by atoms with Gasteiger partial charge in [-0.3, -0.25) is 14.0 Å². The minimum atomic E-state index is -3.99. The summed E-state index contributed by atoms with van der Waals surface area (Å²) in [6, 6.07) is 19.7. The first-order valence-electron chi connectivity index (χ1n) is 12.7. The third kappa shape index (κ3) is 6.92. The van der Waals surface area contributed by atoms with Gasteiger partial charge in [-0.2, -0.15) is 0 Å². The van der Waals surface area contributed by atoms with E-state index in [1.165, 1.54) is 24.8 Å². The van der Waals surface area contributed by atoms with E-state index in [0.717, 1.165) is 35.1 Å². The molecule has 0 atom stereocenters. The second-order valence-corrected chi connectivity index (χ2v) is 11.9. The number of rotatable bonds is 9. The highest BCUT2D eigenvalue weighted by molar-refractivity contribution is 7.92. The molecule has 0 aromatic heterocycles. The van der Waals surface area contributed by atoms with E-state index in [0.29, 0.717) is 22.8 Å². The number of halogens is 1. The second-order valence-electron chi connectivity index (χ2n) is 9.64. The first-order chi connectivity index (χ1) is 17.7. The first kappa shape index (κ1) is 27.2. The number of benzene rings is 3. The molecule has 1 aliphatic rings. The summed E-state index contributed by atoms with van der Waals surface area (Å²) in [6.07, 6.45) is 3.71. The maximum absolute atomic E-state index is 13.7. The number of carbonyl (C=O) groups excluding carboxylic acids is 1. The molecular formula is C29H34ClN3O3S. The van der Waals surface area contributed by atoms with Gasteiger partial charge in [-0.15, -0.1) is 0 Å². The van der Waals surface area contributed by atoms with Crippen molar-refractivity contribution in [1.29, 1.82) is 0 Å². The second kappa shape index (κ2) is 12.1. The Labute approximate surface area is 225 Å². The molecule has 0 bridgehead atoms. The van der Waals surface area contributed by atoms with E-state index in [1.54, 1.807) is 49.4 Å². The van der Waals surface area contributed by atoms with Crippen molar-refractivity contribution in [3.05, 3.63) is 94.0 Å². The number of amides is 1. The van der Waals surface area contributed by atoms with Gasteiger partial charge in [-0.25, -0.2) is 8.42 Å². The molecule has 1 heterocycles. The zero-order valence-corrected chi connectivity index (χ0v) is 23.0. The van der Waals surface area contributed by atoms with Crippen LogP contribution in [0.1, 0.15) is 41.5 Å². The van der Waals surface area contributed by atoms with Crippen LogP contribution < -0.4 is 9.62 Å². The van der Waals surface area contributed by atoms with Crippen molar-refractivity contribution in [1.82, 2.24) is 10.2 Å². The Kier molecular flexibility index (Phi) is 8.90. The normalized spacial score (nSPS) is 14.4. The van der Waals surface area contributed by atoms with Crippen LogP contribution in [0.15, 0.2) is 71.6 Å². The summed E-state index contributed by atoms with van der Waals surface area (Å²) in [7, 11) is -3.99. The van der Waals surface area contributed by atoms with Crippen LogP contribution in [0.5, 0.6) is 0 Å². The summed E-state index contributed by atoms with van der Waals surface area (Å²) in [5, 5.41) is 3.45. The fraction of sp³-hybridized carbons (Fsp3) is 0.345. The van der Waals surface area contributed by atoms with Crippen LogP contribution in [-0.2, 0) is 27.9 Å². The largest absolute Gasteiger partial charge is 0.350 e. The molecule has 1 amide bonds. The lowest BCUT2D eigenvalue weighted by Gasteiger charge is -2.27. The Morgan fingerprint density at radius 3 is 2.30 bits per heavy atom. The SMILES string of the molecule is Cc1ccc(S(=O)(=O)N(CC(=O)NCc2ccccc2CN2CCCCC2)c2ccc(Cl)cc2C)cc1. The Hall–Kier alpha value is -2.87. The fourth-order valence-electron chi connectivity index (χ4n) is 4.66. The number of piperidine rings is 1. The molecular weight excluding hydrogens is 506 g/mol. The smallest absolute Gasteiger partial charge is 0.264 e. The molecule has 1 fully saturated rings. The number of nitrogens with zero attached hydrogens (tertiary/aromatic N) is 2. The minimum Gasteiger partial charge on any atom is -0.350 e. The lowest BCUT2D eigenvalue weighted by Crippen LogP contribution is -2.41. The van der Waals surface area contributed by atoms with Crippen molar-refractivity contribution in [3.63, 3.8) is 0 Å². The molecule has 1 saturated heterocycles. The molecule has 0 unspecified atom stereocenters. The number of likely N-dealkylation sites (tertiary alicyclic amines) is 1. The summed E-state index contributed by atoms with van der Waals surface area (Å²) in [5.41, 5.74) is 4.27. The van der Waals surface area contributed by atoms with Gasteiger partial charge in [0.25, 0.3) is 10.0 Å². The zero-order valence-electron chi connectivity index (χ0n) is 21.4. The summed E-state index contributed by atoms with van der Waals surface area (Å²) in [4.78, 5) is 15.7. The van der Waals surface area contributed by atoms with Gasteiger partial charge in [0.15, 0.2) is 0 Å². The minimum absolute atomic E-state index is 0.132. The maximum atomic E-state index is 13.7. The Balaban J connectivity index is 1.53. The number of sulfonamides is 1. The number of aryl methyl sites for hydroxylation is 2. The summed E-state index contributed by atoms with van der Waals surface area (Å²) in [6.45, 7) is 6.71. The third-order valence-electron chi connectivity index (χ3n) is 6.76. The van der Waals surface area contributed by atoms with E-state index in [9.17, 15) is 13.2 Å². The lowest BCUT2D eigenvalue weighted by molar-refractivity contribution is -0.119. The molecule has 0 spiro atoms. The molecule has 6 nitrogen and oxygen atoms in total. The third-order valence-corrected chi connectivity index (χ3v) is 8.77. The predicted octanol–water partition coefficient (Wildman–Crippen LogP) is 5.45. The van der Waals surface area contributed by atoms with Gasteiger partial charge in [0.05, 0.1) is 10.6 Å². The molecule has 37 heavy (non-hydrogen) atoms. The molecule has 196 valence electrons. The summed E-state index contributed by atoms with van der Waals surface area (Å²) >= 11 is 6.13. The fourth-order valence-corrected chi connectivity index (χ4v) is 6.37. The van der Waals surface area contributed by atoms with Crippen molar-refractivity contribution in [2.75, 3.05) is 23.9 Å². The number of hydrogen-bond donors (Lipinski definition) is 1. The van der Waals surface area contributed by atoms with Crippen molar-refractivity contribution in [2.24, 2.45) is 0 Å². The number of hydrogen-bond acceptors (Lipinski definition) is 4. The van der Waals surface area contributed by atoms with Crippen LogP contribution in [0, 0.1) is 13.8 Å². The Morgan fingerprint density at radius 1 is 0.946 bits per heavy atom. The van der Waals surface area contributed by atoms with Crippen molar-refractivity contribution in [2.45, 2.75) is 51.1 Å². The lowest BCUT2D eigenvalue weighted by atomic mass is 10.0. The highest BCUT2D eigenvalue weighted by Gasteiger charge is 2.28. The average molecular weight is 540 g/mol. The Morgan fingerprint density at radius 2 is 1.62 bits per heavy atom.